The van der Waals surface area contributed by atoms with Gasteiger partial charge < -0.3 is 18.9 Å². The van der Waals surface area contributed by atoms with Gasteiger partial charge in [0.2, 0.25) is 0 Å². The molecule has 1 aliphatic heterocycles. The van der Waals surface area contributed by atoms with E-state index in [1.807, 2.05) is 76.3 Å². The quantitative estimate of drug-likeness (QED) is 0.427. The van der Waals surface area contributed by atoms with Crippen molar-refractivity contribution in [2.45, 2.75) is 13.5 Å². The van der Waals surface area contributed by atoms with Crippen LogP contribution in [0, 0.1) is 6.92 Å². The zero-order chi connectivity index (χ0) is 22.8. The first-order valence-electron chi connectivity index (χ1n) is 11.0. The highest BCUT2D eigenvalue weighted by Gasteiger charge is 2.22. The molecule has 4 aromatic rings. The van der Waals surface area contributed by atoms with Gasteiger partial charge >= 0.3 is 0 Å². The number of amides is 1. The molecule has 33 heavy (non-hydrogen) atoms. The number of hydrogen-bond donors (Lipinski definition) is 0. The highest BCUT2D eigenvalue weighted by atomic mass is 35.5. The summed E-state index contributed by atoms with van der Waals surface area (Å²) >= 11 is 6.11. The number of benzene rings is 2. The summed E-state index contributed by atoms with van der Waals surface area (Å²) in [5.41, 5.74) is 4.70. The van der Waals surface area contributed by atoms with Crippen LogP contribution in [0.5, 0.6) is 5.75 Å². The van der Waals surface area contributed by atoms with E-state index in [1.165, 1.54) is 5.56 Å². The molecular weight excluding hydrogens is 436 g/mol. The lowest BCUT2D eigenvalue weighted by Crippen LogP contribution is -2.48. The largest absolute Gasteiger partial charge is 0.487 e. The smallest absolute Gasteiger partial charge is 0.253 e. The van der Waals surface area contributed by atoms with Gasteiger partial charge in [0.1, 0.15) is 18.0 Å². The first-order chi connectivity index (χ1) is 16.0. The van der Waals surface area contributed by atoms with Gasteiger partial charge in [-0.1, -0.05) is 23.7 Å². The summed E-state index contributed by atoms with van der Waals surface area (Å²) in [4.78, 5) is 21.7. The maximum absolute atomic E-state index is 12.9. The summed E-state index contributed by atoms with van der Waals surface area (Å²) in [6, 6.07) is 19.2. The number of imidazole rings is 1. The molecule has 5 rings (SSSR count). The number of rotatable bonds is 5. The minimum atomic E-state index is 0.0445. The molecule has 1 aliphatic rings. The Morgan fingerprint density at radius 3 is 2.55 bits per heavy atom. The van der Waals surface area contributed by atoms with Crippen LogP contribution in [0.25, 0.3) is 5.65 Å². The van der Waals surface area contributed by atoms with Crippen LogP contribution >= 0.6 is 11.6 Å². The summed E-state index contributed by atoms with van der Waals surface area (Å²) in [6.07, 6.45) is 4.02. The number of aryl methyl sites for hydroxylation is 1. The van der Waals surface area contributed by atoms with Crippen LogP contribution in [0.1, 0.15) is 21.6 Å². The standard InChI is InChI=1S/C26H25ClN4O2/c1-19-5-10-25-28-22(17-31(25)16-19)18-33-24-8-6-20(7-9-24)26(32)30-13-11-29(12-14-30)23-4-2-3-21(27)15-23/h2-10,15-17H,11-14,18H2,1H3. The molecule has 0 spiro atoms. The number of carbonyl (C=O) groups excluding carboxylic acids is 1. The Hall–Kier alpha value is -3.51. The number of pyridine rings is 1. The van der Waals surface area contributed by atoms with E-state index >= 15 is 0 Å². The van der Waals surface area contributed by atoms with Gasteiger partial charge in [0.25, 0.3) is 5.91 Å². The van der Waals surface area contributed by atoms with Gasteiger partial charge in [-0.05, 0) is 61.0 Å². The number of carbonyl (C=O) groups is 1. The Balaban J connectivity index is 1.16. The molecular formula is C26H25ClN4O2. The molecule has 0 unspecified atom stereocenters. The second-order valence-electron chi connectivity index (χ2n) is 8.28. The number of nitrogens with zero attached hydrogens (tertiary/aromatic N) is 4. The van der Waals surface area contributed by atoms with E-state index < -0.39 is 0 Å². The fourth-order valence-corrected chi connectivity index (χ4v) is 4.28. The summed E-state index contributed by atoms with van der Waals surface area (Å²) in [6.45, 7) is 5.35. The maximum Gasteiger partial charge on any atom is 0.253 e. The monoisotopic (exact) mass is 460 g/mol. The number of anilines is 1. The molecule has 0 aliphatic carbocycles. The van der Waals surface area contributed by atoms with E-state index in [0.29, 0.717) is 31.0 Å². The Labute approximate surface area is 198 Å². The zero-order valence-electron chi connectivity index (χ0n) is 18.4. The normalized spacial score (nSPS) is 14.0. The molecule has 168 valence electrons. The van der Waals surface area contributed by atoms with Crippen molar-refractivity contribution in [3.05, 3.63) is 94.9 Å². The van der Waals surface area contributed by atoms with E-state index in [-0.39, 0.29) is 5.91 Å². The molecule has 7 heteroatoms. The van der Waals surface area contributed by atoms with Crippen LogP contribution in [0.15, 0.2) is 73.1 Å². The van der Waals surface area contributed by atoms with Crippen molar-refractivity contribution < 1.29 is 9.53 Å². The molecule has 1 saturated heterocycles. The summed E-state index contributed by atoms with van der Waals surface area (Å²) < 4.78 is 7.89. The van der Waals surface area contributed by atoms with Gasteiger partial charge in [-0.15, -0.1) is 0 Å². The lowest BCUT2D eigenvalue weighted by atomic mass is 10.1. The van der Waals surface area contributed by atoms with Crippen LogP contribution in [0.2, 0.25) is 5.02 Å². The molecule has 0 atom stereocenters. The Morgan fingerprint density at radius 1 is 1.00 bits per heavy atom. The number of aromatic nitrogens is 2. The predicted octanol–water partition coefficient (Wildman–Crippen LogP) is 4.84. The molecule has 1 fully saturated rings. The van der Waals surface area contributed by atoms with E-state index in [1.54, 1.807) is 0 Å². The fourth-order valence-electron chi connectivity index (χ4n) is 4.10. The van der Waals surface area contributed by atoms with Crippen LogP contribution < -0.4 is 9.64 Å². The van der Waals surface area contributed by atoms with Crippen molar-refractivity contribution in [1.82, 2.24) is 14.3 Å². The predicted molar refractivity (Wildman–Crippen MR) is 130 cm³/mol. The second kappa shape index (κ2) is 9.16. The van der Waals surface area contributed by atoms with Crippen LogP contribution in [0.3, 0.4) is 0 Å². The van der Waals surface area contributed by atoms with E-state index in [2.05, 4.69) is 22.9 Å². The molecule has 0 saturated carbocycles. The number of halogens is 1. The molecule has 0 N–H and O–H groups in total. The van der Waals surface area contributed by atoms with Crippen LogP contribution in [-0.2, 0) is 6.61 Å². The van der Waals surface area contributed by atoms with Gasteiger partial charge in [0.15, 0.2) is 0 Å². The maximum atomic E-state index is 12.9. The number of hydrogen-bond acceptors (Lipinski definition) is 4. The average molecular weight is 461 g/mol. The van der Waals surface area contributed by atoms with Crippen molar-refractivity contribution in [3.63, 3.8) is 0 Å². The van der Waals surface area contributed by atoms with Crippen molar-refractivity contribution >= 4 is 28.8 Å². The highest BCUT2D eigenvalue weighted by molar-refractivity contribution is 6.30. The van der Waals surface area contributed by atoms with E-state index in [9.17, 15) is 4.79 Å². The molecule has 1 amide bonds. The molecule has 0 radical (unpaired) electrons. The van der Waals surface area contributed by atoms with Gasteiger partial charge in [-0.2, -0.15) is 0 Å². The first kappa shape index (κ1) is 21.3. The number of fused-ring (bicyclic) bond motifs is 1. The number of ether oxygens (including phenoxy) is 1. The van der Waals surface area contributed by atoms with Crippen LogP contribution in [0.4, 0.5) is 5.69 Å². The molecule has 2 aromatic carbocycles. The highest BCUT2D eigenvalue weighted by Crippen LogP contribution is 2.22. The number of piperazine rings is 1. The molecule has 2 aromatic heterocycles. The topological polar surface area (TPSA) is 50.1 Å². The summed E-state index contributed by atoms with van der Waals surface area (Å²) in [5, 5.41) is 0.726. The van der Waals surface area contributed by atoms with Gasteiger partial charge in [0.05, 0.1) is 5.69 Å². The van der Waals surface area contributed by atoms with E-state index in [0.717, 1.165) is 35.1 Å². The SMILES string of the molecule is Cc1ccc2nc(COc3ccc(C(=O)N4CCN(c5cccc(Cl)c5)CC4)cc3)cn2c1. The van der Waals surface area contributed by atoms with Crippen molar-refractivity contribution in [3.8, 4) is 5.75 Å². The Morgan fingerprint density at radius 2 is 1.79 bits per heavy atom. The summed E-state index contributed by atoms with van der Waals surface area (Å²) in [7, 11) is 0. The summed E-state index contributed by atoms with van der Waals surface area (Å²) in [5.74, 6) is 0.758. The minimum Gasteiger partial charge on any atom is -0.487 e. The second-order valence-corrected chi connectivity index (χ2v) is 8.71. The first-order valence-corrected chi connectivity index (χ1v) is 11.4. The third-order valence-corrected chi connectivity index (χ3v) is 6.11. The minimum absolute atomic E-state index is 0.0445. The van der Waals surface area contributed by atoms with Gasteiger partial charge in [0, 0.05) is 54.8 Å². The third kappa shape index (κ3) is 4.81. The van der Waals surface area contributed by atoms with Crippen molar-refractivity contribution in [1.29, 1.82) is 0 Å². The van der Waals surface area contributed by atoms with Gasteiger partial charge in [-0.25, -0.2) is 4.98 Å². The van der Waals surface area contributed by atoms with E-state index in [4.69, 9.17) is 16.3 Å². The zero-order valence-corrected chi connectivity index (χ0v) is 19.2. The van der Waals surface area contributed by atoms with Crippen molar-refractivity contribution in [2.75, 3.05) is 31.1 Å². The molecule has 6 nitrogen and oxygen atoms in total. The lowest BCUT2D eigenvalue weighted by Gasteiger charge is -2.36. The van der Waals surface area contributed by atoms with Crippen LogP contribution in [-0.4, -0.2) is 46.4 Å². The molecule has 0 bridgehead atoms. The lowest BCUT2D eigenvalue weighted by molar-refractivity contribution is 0.0746. The van der Waals surface area contributed by atoms with Gasteiger partial charge in [-0.3, -0.25) is 4.79 Å². The third-order valence-electron chi connectivity index (χ3n) is 5.88. The Kier molecular flexibility index (Phi) is 5.92. The molecule has 3 heterocycles. The average Bonchev–Trinajstić information content (AvgIpc) is 3.25. The van der Waals surface area contributed by atoms with Crippen molar-refractivity contribution in [2.24, 2.45) is 0 Å². The Bertz CT molecular complexity index is 1280. The fraction of sp³-hybridized carbons (Fsp3) is 0.231.